The van der Waals surface area contributed by atoms with Gasteiger partial charge in [0.05, 0.1) is 25.2 Å². The van der Waals surface area contributed by atoms with Crippen LogP contribution in [0.4, 0.5) is 0 Å². The largest absolute Gasteiger partial charge is 0.493 e. The lowest BCUT2D eigenvalue weighted by atomic mass is 10.0. The predicted octanol–water partition coefficient (Wildman–Crippen LogP) is 2.30. The Balaban J connectivity index is 2.52. The van der Waals surface area contributed by atoms with Gasteiger partial charge in [-0.15, -0.1) is 0 Å². The molecule has 0 saturated carbocycles. The molecule has 0 unspecified atom stereocenters. The highest BCUT2D eigenvalue weighted by molar-refractivity contribution is 5.76. The molecule has 20 heavy (non-hydrogen) atoms. The van der Waals surface area contributed by atoms with Gasteiger partial charge in [0.25, 0.3) is 0 Å². The fourth-order valence-corrected chi connectivity index (χ4v) is 1.72. The molecule has 4 heteroatoms. The molecule has 0 saturated heterocycles. The minimum Gasteiger partial charge on any atom is -0.493 e. The molecule has 0 aromatic heterocycles. The fourth-order valence-electron chi connectivity index (χ4n) is 1.72. The van der Waals surface area contributed by atoms with Crippen LogP contribution in [0.3, 0.4) is 0 Å². The summed E-state index contributed by atoms with van der Waals surface area (Å²) >= 11 is 0. The van der Waals surface area contributed by atoms with Crippen LogP contribution in [-0.2, 0) is 4.79 Å². The minimum atomic E-state index is -0.545. The highest BCUT2D eigenvalue weighted by atomic mass is 16.5. The summed E-state index contributed by atoms with van der Waals surface area (Å²) < 4.78 is 5.67. The lowest BCUT2D eigenvalue weighted by molar-refractivity contribution is -0.136. The number of hydrogen-bond donors (Lipinski definition) is 1. The molecule has 0 aliphatic carbocycles. The van der Waals surface area contributed by atoms with Gasteiger partial charge in [-0.25, -0.2) is 0 Å². The molecule has 0 bridgehead atoms. The molecule has 0 heterocycles. The number of hydrogen-bond acceptors (Lipinski definition) is 3. The number of ether oxygens (including phenoxy) is 1. The summed E-state index contributed by atoms with van der Waals surface area (Å²) in [6.45, 7) is 7.93. The number of carbonyl (C=O) groups excluding carboxylic acids is 1. The van der Waals surface area contributed by atoms with Gasteiger partial charge in [0.15, 0.2) is 0 Å². The van der Waals surface area contributed by atoms with Crippen molar-refractivity contribution in [1.29, 1.82) is 0 Å². The van der Waals surface area contributed by atoms with Gasteiger partial charge in [-0.2, -0.15) is 0 Å². The van der Waals surface area contributed by atoms with E-state index in [9.17, 15) is 9.90 Å². The highest BCUT2D eigenvalue weighted by Crippen LogP contribution is 2.19. The maximum absolute atomic E-state index is 12.0. The van der Waals surface area contributed by atoms with Gasteiger partial charge in [-0.3, -0.25) is 4.79 Å². The minimum absolute atomic E-state index is 0.0330. The van der Waals surface area contributed by atoms with Crippen LogP contribution in [0.5, 0.6) is 5.75 Å². The SMILES string of the molecule is Cc1ccc(C)c(OCCC(=O)N(C)C(C)(C)CO)c1. The van der Waals surface area contributed by atoms with Gasteiger partial charge in [0, 0.05) is 7.05 Å². The second kappa shape index (κ2) is 6.75. The summed E-state index contributed by atoms with van der Waals surface area (Å²) in [6.07, 6.45) is 0.299. The van der Waals surface area contributed by atoms with Crippen LogP contribution in [0.25, 0.3) is 0 Å². The van der Waals surface area contributed by atoms with E-state index in [4.69, 9.17) is 4.74 Å². The second-order valence-electron chi connectivity index (χ2n) is 5.79. The molecule has 1 rings (SSSR count). The summed E-state index contributed by atoms with van der Waals surface area (Å²) in [7, 11) is 1.70. The van der Waals surface area contributed by atoms with Crippen molar-refractivity contribution < 1.29 is 14.6 Å². The first-order chi connectivity index (χ1) is 9.27. The fraction of sp³-hybridized carbons (Fsp3) is 0.562. The zero-order valence-electron chi connectivity index (χ0n) is 13.1. The summed E-state index contributed by atoms with van der Waals surface area (Å²) in [5.41, 5.74) is 1.65. The van der Waals surface area contributed by atoms with E-state index < -0.39 is 5.54 Å². The Morgan fingerprint density at radius 2 is 2.00 bits per heavy atom. The van der Waals surface area contributed by atoms with E-state index in [0.29, 0.717) is 13.0 Å². The van der Waals surface area contributed by atoms with Crippen molar-refractivity contribution in [3.8, 4) is 5.75 Å². The molecule has 4 nitrogen and oxygen atoms in total. The molecule has 1 N–H and O–H groups in total. The number of carbonyl (C=O) groups is 1. The number of aryl methyl sites for hydroxylation is 2. The van der Waals surface area contributed by atoms with Crippen molar-refractivity contribution in [2.45, 2.75) is 39.7 Å². The van der Waals surface area contributed by atoms with Crippen LogP contribution in [0.2, 0.25) is 0 Å². The molecule has 0 fully saturated rings. The zero-order valence-corrected chi connectivity index (χ0v) is 13.1. The molecular weight excluding hydrogens is 254 g/mol. The maximum atomic E-state index is 12.0. The van der Waals surface area contributed by atoms with E-state index in [0.717, 1.165) is 16.9 Å². The Kier molecular flexibility index (Phi) is 5.57. The Morgan fingerprint density at radius 1 is 1.35 bits per heavy atom. The van der Waals surface area contributed by atoms with Gasteiger partial charge in [-0.1, -0.05) is 12.1 Å². The molecule has 0 aliphatic rings. The first kappa shape index (κ1) is 16.5. The first-order valence-electron chi connectivity index (χ1n) is 6.85. The van der Waals surface area contributed by atoms with Crippen molar-refractivity contribution >= 4 is 5.91 Å². The van der Waals surface area contributed by atoms with E-state index in [1.54, 1.807) is 11.9 Å². The number of aliphatic hydroxyl groups excluding tert-OH is 1. The van der Waals surface area contributed by atoms with Crippen LogP contribution in [0.15, 0.2) is 18.2 Å². The molecule has 112 valence electrons. The number of amides is 1. The van der Waals surface area contributed by atoms with E-state index in [1.807, 2.05) is 45.9 Å². The quantitative estimate of drug-likeness (QED) is 0.869. The van der Waals surface area contributed by atoms with Gasteiger partial charge >= 0.3 is 0 Å². The van der Waals surface area contributed by atoms with Crippen LogP contribution < -0.4 is 4.74 Å². The van der Waals surface area contributed by atoms with Crippen molar-refractivity contribution in [2.75, 3.05) is 20.3 Å². The van der Waals surface area contributed by atoms with E-state index in [2.05, 4.69) is 0 Å². The molecule has 1 amide bonds. The number of likely N-dealkylation sites (N-methyl/N-ethyl adjacent to an activating group) is 1. The van der Waals surface area contributed by atoms with Crippen molar-refractivity contribution in [2.24, 2.45) is 0 Å². The van der Waals surface area contributed by atoms with Crippen molar-refractivity contribution in [3.05, 3.63) is 29.3 Å². The van der Waals surface area contributed by atoms with Crippen LogP contribution in [-0.4, -0.2) is 41.7 Å². The topological polar surface area (TPSA) is 49.8 Å². The molecule has 0 spiro atoms. The number of rotatable bonds is 6. The van der Waals surface area contributed by atoms with Crippen LogP contribution in [0, 0.1) is 13.8 Å². The third-order valence-electron chi connectivity index (χ3n) is 3.59. The summed E-state index contributed by atoms with van der Waals surface area (Å²) in [5, 5.41) is 9.26. The average molecular weight is 279 g/mol. The van der Waals surface area contributed by atoms with Crippen LogP contribution in [0.1, 0.15) is 31.4 Å². The van der Waals surface area contributed by atoms with E-state index in [1.165, 1.54) is 0 Å². The number of nitrogens with zero attached hydrogens (tertiary/aromatic N) is 1. The Hall–Kier alpha value is -1.55. The third-order valence-corrected chi connectivity index (χ3v) is 3.59. The average Bonchev–Trinajstić information content (AvgIpc) is 2.41. The van der Waals surface area contributed by atoms with E-state index >= 15 is 0 Å². The maximum Gasteiger partial charge on any atom is 0.226 e. The van der Waals surface area contributed by atoms with Gasteiger partial charge < -0.3 is 14.7 Å². The summed E-state index contributed by atoms with van der Waals surface area (Å²) in [4.78, 5) is 13.6. The van der Waals surface area contributed by atoms with Crippen molar-refractivity contribution in [1.82, 2.24) is 4.90 Å². The Bertz CT molecular complexity index is 469. The predicted molar refractivity (Wildman–Crippen MR) is 80.0 cm³/mol. The van der Waals surface area contributed by atoms with E-state index in [-0.39, 0.29) is 12.5 Å². The number of aliphatic hydroxyl groups is 1. The zero-order chi connectivity index (χ0) is 15.3. The molecule has 0 atom stereocenters. The van der Waals surface area contributed by atoms with Crippen LogP contribution >= 0.6 is 0 Å². The normalized spacial score (nSPS) is 11.3. The third kappa shape index (κ3) is 4.23. The monoisotopic (exact) mass is 279 g/mol. The molecule has 1 aromatic rings. The van der Waals surface area contributed by atoms with Gasteiger partial charge in [0.1, 0.15) is 5.75 Å². The molecular formula is C16H25NO3. The van der Waals surface area contributed by atoms with Crippen molar-refractivity contribution in [3.63, 3.8) is 0 Å². The Morgan fingerprint density at radius 3 is 2.60 bits per heavy atom. The smallest absolute Gasteiger partial charge is 0.226 e. The summed E-state index contributed by atoms with van der Waals surface area (Å²) in [6, 6.07) is 6.01. The second-order valence-corrected chi connectivity index (χ2v) is 5.79. The molecule has 0 aliphatic heterocycles. The lowest BCUT2D eigenvalue weighted by Gasteiger charge is -2.34. The Labute approximate surface area is 121 Å². The molecule has 0 radical (unpaired) electrons. The van der Waals surface area contributed by atoms with Gasteiger partial charge in [-0.05, 0) is 44.9 Å². The standard InChI is InChI=1S/C16H25NO3/c1-12-6-7-13(2)14(10-12)20-9-8-15(19)17(5)16(3,4)11-18/h6-7,10,18H,8-9,11H2,1-5H3. The molecule has 1 aromatic carbocycles. The summed E-state index contributed by atoms with van der Waals surface area (Å²) in [5.74, 6) is 0.788. The lowest BCUT2D eigenvalue weighted by Crippen LogP contribution is -2.47. The first-order valence-corrected chi connectivity index (χ1v) is 6.85. The number of benzene rings is 1. The highest BCUT2D eigenvalue weighted by Gasteiger charge is 2.26. The van der Waals surface area contributed by atoms with Gasteiger partial charge in [0.2, 0.25) is 5.91 Å².